The minimum absolute atomic E-state index is 0.107. The van der Waals surface area contributed by atoms with Crippen molar-refractivity contribution in [3.63, 3.8) is 0 Å². The standard InChI is InChI=1S/C23H27N3O7S2/c1-12-4-9-16-17(10-12)34-22-19(16)21(28)24-18(25-22)11-33-23(29)20(13(2)27)26-35(30,31)15-7-5-14(32-3)6-8-15/h5-8,12-13,20,26-27H,4,9-11H2,1-3H3,(H,24,25,28)/t12-,13+,20-/m0/s1. The maximum atomic E-state index is 12.7. The second-order valence-corrected chi connectivity index (χ2v) is 11.5. The number of aromatic nitrogens is 2. The van der Waals surface area contributed by atoms with Crippen molar-refractivity contribution < 1.29 is 27.8 Å². The van der Waals surface area contributed by atoms with E-state index in [1.165, 1.54) is 49.6 Å². The molecular weight excluding hydrogens is 494 g/mol. The number of carbonyl (C=O) groups is 1. The molecule has 3 atom stereocenters. The van der Waals surface area contributed by atoms with Crippen molar-refractivity contribution >= 4 is 37.5 Å². The van der Waals surface area contributed by atoms with Gasteiger partial charge in [0.15, 0.2) is 0 Å². The van der Waals surface area contributed by atoms with Gasteiger partial charge in [0.05, 0.1) is 23.5 Å². The molecule has 35 heavy (non-hydrogen) atoms. The zero-order chi connectivity index (χ0) is 25.3. The predicted molar refractivity (Wildman–Crippen MR) is 130 cm³/mol. The van der Waals surface area contributed by atoms with Gasteiger partial charge in [0.1, 0.15) is 29.1 Å². The molecule has 3 N–H and O–H groups in total. The van der Waals surface area contributed by atoms with Crippen LogP contribution in [0.4, 0.5) is 0 Å². The molecule has 0 spiro atoms. The number of ether oxygens (including phenoxy) is 2. The summed E-state index contributed by atoms with van der Waals surface area (Å²) in [5, 5.41) is 10.6. The van der Waals surface area contributed by atoms with Crippen LogP contribution < -0.4 is 15.0 Å². The van der Waals surface area contributed by atoms with Gasteiger partial charge < -0.3 is 19.6 Å². The zero-order valence-electron chi connectivity index (χ0n) is 19.5. The van der Waals surface area contributed by atoms with Gasteiger partial charge in [-0.1, -0.05) is 6.92 Å². The summed E-state index contributed by atoms with van der Waals surface area (Å²) >= 11 is 1.47. The summed E-state index contributed by atoms with van der Waals surface area (Å²) in [5.74, 6) is 0.160. The molecule has 12 heteroatoms. The van der Waals surface area contributed by atoms with E-state index in [0.29, 0.717) is 21.9 Å². The largest absolute Gasteiger partial charge is 0.497 e. The smallest absolute Gasteiger partial charge is 0.327 e. The molecule has 1 aromatic carbocycles. The van der Waals surface area contributed by atoms with E-state index in [-0.39, 0.29) is 22.9 Å². The second-order valence-electron chi connectivity index (χ2n) is 8.67. The molecule has 0 amide bonds. The molecule has 3 aromatic rings. The molecule has 0 bridgehead atoms. The average Bonchev–Trinajstić information content (AvgIpc) is 3.18. The fraction of sp³-hybridized carbons (Fsp3) is 0.435. The second kappa shape index (κ2) is 10.1. The number of aryl methyl sites for hydroxylation is 1. The third kappa shape index (κ3) is 5.40. The van der Waals surface area contributed by atoms with Crippen LogP contribution in [0.2, 0.25) is 0 Å². The lowest BCUT2D eigenvalue weighted by Crippen LogP contribution is -2.48. The lowest BCUT2D eigenvalue weighted by atomic mass is 9.89. The molecule has 0 fully saturated rings. The van der Waals surface area contributed by atoms with Crippen molar-refractivity contribution in [1.82, 2.24) is 14.7 Å². The highest BCUT2D eigenvalue weighted by Gasteiger charge is 2.31. The first kappa shape index (κ1) is 25.3. The Bertz CT molecular complexity index is 1390. The topological polar surface area (TPSA) is 148 Å². The van der Waals surface area contributed by atoms with Gasteiger partial charge >= 0.3 is 5.97 Å². The Morgan fingerprint density at radius 3 is 2.71 bits per heavy atom. The van der Waals surface area contributed by atoms with E-state index in [4.69, 9.17) is 9.47 Å². The van der Waals surface area contributed by atoms with Gasteiger partial charge in [-0.2, -0.15) is 4.72 Å². The van der Waals surface area contributed by atoms with E-state index >= 15 is 0 Å². The molecular formula is C23H27N3O7S2. The number of aliphatic hydroxyl groups is 1. The summed E-state index contributed by atoms with van der Waals surface area (Å²) in [5.41, 5.74) is 0.753. The average molecular weight is 522 g/mol. The molecule has 0 radical (unpaired) electrons. The Balaban J connectivity index is 1.49. The number of H-pyrrole nitrogens is 1. The van der Waals surface area contributed by atoms with Crippen molar-refractivity contribution in [3.8, 4) is 5.75 Å². The van der Waals surface area contributed by atoms with Gasteiger partial charge in [-0.25, -0.2) is 13.4 Å². The van der Waals surface area contributed by atoms with Crippen LogP contribution in [-0.2, 0) is 39.0 Å². The Morgan fingerprint density at radius 1 is 1.34 bits per heavy atom. The first-order chi connectivity index (χ1) is 16.6. The number of fused-ring (bicyclic) bond motifs is 3. The van der Waals surface area contributed by atoms with Gasteiger partial charge in [0.25, 0.3) is 5.56 Å². The van der Waals surface area contributed by atoms with E-state index in [2.05, 4.69) is 21.6 Å². The third-order valence-corrected chi connectivity index (χ3v) is 8.56. The van der Waals surface area contributed by atoms with Crippen LogP contribution in [0.3, 0.4) is 0 Å². The monoisotopic (exact) mass is 521 g/mol. The highest BCUT2D eigenvalue weighted by atomic mass is 32.2. The van der Waals surface area contributed by atoms with Gasteiger partial charge in [-0.3, -0.25) is 9.59 Å². The van der Waals surface area contributed by atoms with Crippen LogP contribution >= 0.6 is 11.3 Å². The van der Waals surface area contributed by atoms with Crippen molar-refractivity contribution in [2.24, 2.45) is 5.92 Å². The Kier molecular flexibility index (Phi) is 7.27. The Labute approximate surface area is 206 Å². The van der Waals surface area contributed by atoms with Crippen molar-refractivity contribution in [3.05, 3.63) is 50.9 Å². The van der Waals surface area contributed by atoms with Crippen LogP contribution in [0.1, 0.15) is 36.5 Å². The SMILES string of the molecule is COc1ccc(S(=O)(=O)N[C@H](C(=O)OCc2nc3sc4c(c3c(=O)[nH]2)CC[C@H](C)C4)[C@@H](C)O)cc1. The molecule has 4 rings (SSSR count). The molecule has 1 aliphatic rings. The molecule has 2 aromatic heterocycles. The minimum Gasteiger partial charge on any atom is -0.497 e. The van der Waals surface area contributed by atoms with Gasteiger partial charge in [-0.15, -0.1) is 11.3 Å². The first-order valence-corrected chi connectivity index (χ1v) is 13.4. The van der Waals surface area contributed by atoms with Crippen LogP contribution in [0.15, 0.2) is 34.0 Å². The number of benzene rings is 1. The quantitative estimate of drug-likeness (QED) is 0.381. The van der Waals surface area contributed by atoms with Crippen LogP contribution in [0, 0.1) is 5.92 Å². The number of hydrogen-bond acceptors (Lipinski definition) is 9. The van der Waals surface area contributed by atoms with Crippen LogP contribution in [0.25, 0.3) is 10.2 Å². The predicted octanol–water partition coefficient (Wildman–Crippen LogP) is 1.89. The molecule has 188 valence electrons. The summed E-state index contributed by atoms with van der Waals surface area (Å²) in [6.45, 7) is 3.07. The number of thiophene rings is 1. The Hall–Kier alpha value is -2.80. The molecule has 0 unspecified atom stereocenters. The van der Waals surface area contributed by atoms with Crippen molar-refractivity contribution in [2.45, 2.75) is 56.8 Å². The van der Waals surface area contributed by atoms with Crippen LogP contribution in [-0.4, -0.2) is 48.7 Å². The third-order valence-electron chi connectivity index (χ3n) is 5.95. The van der Waals surface area contributed by atoms with Gasteiger partial charge in [0, 0.05) is 4.88 Å². The maximum absolute atomic E-state index is 12.7. The highest BCUT2D eigenvalue weighted by molar-refractivity contribution is 7.89. The van der Waals surface area contributed by atoms with E-state index in [0.717, 1.165) is 29.7 Å². The van der Waals surface area contributed by atoms with Crippen LogP contribution in [0.5, 0.6) is 5.75 Å². The summed E-state index contributed by atoms with van der Waals surface area (Å²) < 4.78 is 37.8. The molecule has 0 saturated carbocycles. The van der Waals surface area contributed by atoms with E-state index in [1.54, 1.807) is 0 Å². The number of methoxy groups -OCH3 is 1. The lowest BCUT2D eigenvalue weighted by molar-refractivity contribution is -0.149. The van der Waals surface area contributed by atoms with E-state index < -0.39 is 28.1 Å². The number of rotatable bonds is 8. The number of aromatic amines is 1. The minimum atomic E-state index is -4.14. The lowest BCUT2D eigenvalue weighted by Gasteiger charge is -2.20. The van der Waals surface area contributed by atoms with Gasteiger partial charge in [0.2, 0.25) is 10.0 Å². The fourth-order valence-electron chi connectivity index (χ4n) is 4.02. The summed E-state index contributed by atoms with van der Waals surface area (Å²) in [4.78, 5) is 34.1. The molecule has 0 saturated heterocycles. The number of nitrogens with zero attached hydrogens (tertiary/aromatic N) is 1. The first-order valence-electron chi connectivity index (χ1n) is 11.1. The summed E-state index contributed by atoms with van der Waals surface area (Å²) in [6.07, 6.45) is 1.38. The van der Waals surface area contributed by atoms with Gasteiger partial charge in [-0.05, 0) is 61.9 Å². The van der Waals surface area contributed by atoms with E-state index in [1.807, 2.05) is 0 Å². The summed E-state index contributed by atoms with van der Waals surface area (Å²) in [7, 11) is -2.69. The number of nitrogens with one attached hydrogen (secondary N) is 2. The number of esters is 1. The molecule has 0 aliphatic heterocycles. The molecule has 10 nitrogen and oxygen atoms in total. The highest BCUT2D eigenvalue weighted by Crippen LogP contribution is 2.35. The molecule has 2 heterocycles. The van der Waals surface area contributed by atoms with Crippen molar-refractivity contribution in [2.75, 3.05) is 7.11 Å². The zero-order valence-corrected chi connectivity index (χ0v) is 21.2. The summed E-state index contributed by atoms with van der Waals surface area (Å²) in [6, 6.07) is 4.00. The number of hydrogen-bond donors (Lipinski definition) is 3. The fourth-order valence-corrected chi connectivity index (χ4v) is 6.68. The molecule has 1 aliphatic carbocycles. The maximum Gasteiger partial charge on any atom is 0.327 e. The Morgan fingerprint density at radius 2 is 2.06 bits per heavy atom. The van der Waals surface area contributed by atoms with E-state index in [9.17, 15) is 23.1 Å². The number of aliphatic hydroxyl groups excluding tert-OH is 1. The number of carbonyl (C=O) groups excluding carboxylic acids is 1. The normalized spacial score (nSPS) is 17.5. The van der Waals surface area contributed by atoms with Crippen molar-refractivity contribution in [1.29, 1.82) is 0 Å². The number of sulfonamides is 1.